The Bertz CT molecular complexity index is 323. The molecule has 1 aromatic rings. The lowest BCUT2D eigenvalue weighted by Crippen LogP contribution is -2.10. The van der Waals surface area contributed by atoms with Crippen molar-refractivity contribution in [1.29, 1.82) is 0 Å². The van der Waals surface area contributed by atoms with Gasteiger partial charge in [0.2, 0.25) is 0 Å². The molecule has 6 heteroatoms. The highest BCUT2D eigenvalue weighted by atomic mass is 16.6. The molecule has 0 atom stereocenters. The van der Waals surface area contributed by atoms with Crippen LogP contribution in [-0.2, 0) is 4.79 Å². The van der Waals surface area contributed by atoms with Gasteiger partial charge in [-0.3, -0.25) is 14.9 Å². The second-order valence-electron chi connectivity index (χ2n) is 2.41. The van der Waals surface area contributed by atoms with Gasteiger partial charge in [0.25, 0.3) is 13.1 Å². The molecule has 0 heterocycles. The van der Waals surface area contributed by atoms with E-state index in [1.165, 1.54) is 12.1 Å². The van der Waals surface area contributed by atoms with Gasteiger partial charge in [-0.1, -0.05) is 0 Å². The van der Waals surface area contributed by atoms with Crippen molar-refractivity contribution in [2.24, 2.45) is 0 Å². The highest BCUT2D eigenvalue weighted by Gasteiger charge is 1.97. The summed E-state index contributed by atoms with van der Waals surface area (Å²) in [4.78, 5) is 19.5. The molecule has 0 aromatic heterocycles. The molecule has 0 radical (unpaired) electrons. The van der Waals surface area contributed by atoms with Crippen LogP contribution in [0.4, 0.5) is 5.69 Å². The number of rotatable bonds is 5. The fraction of sp³-hybridized carbons (Fsp3) is 0.125. The first-order valence-electron chi connectivity index (χ1n) is 3.78. The maximum absolute atomic E-state index is 10.0. The number of hydrogen-bond donors (Lipinski definition) is 1. The molecular weight excluding hydrogens is 188 g/mol. The van der Waals surface area contributed by atoms with Crippen LogP contribution < -0.4 is 10.1 Å². The number of nitrogens with zero attached hydrogens (tertiary/aromatic N) is 1. The summed E-state index contributed by atoms with van der Waals surface area (Å²) in [5.41, 5.74) is 0.597. The molecule has 0 aliphatic carbocycles. The highest BCUT2D eigenvalue weighted by molar-refractivity contribution is 5.50. The summed E-state index contributed by atoms with van der Waals surface area (Å²) in [5, 5.41) is 12.6. The predicted molar refractivity (Wildman–Crippen MR) is 48.6 cm³/mol. The smallest absolute Gasteiger partial charge is 0.298 e. The molecule has 0 saturated carbocycles. The van der Waals surface area contributed by atoms with Crippen molar-refractivity contribution in [3.05, 3.63) is 34.4 Å². The molecule has 74 valence electrons. The molecule has 0 unspecified atom stereocenters. The van der Waals surface area contributed by atoms with Crippen LogP contribution in [0.5, 0.6) is 5.75 Å². The van der Waals surface area contributed by atoms with Gasteiger partial charge in [0.05, 0.1) is 0 Å². The zero-order chi connectivity index (χ0) is 10.4. The van der Waals surface area contributed by atoms with Crippen molar-refractivity contribution in [3.8, 4) is 5.75 Å². The second kappa shape index (κ2) is 4.80. The second-order valence-corrected chi connectivity index (χ2v) is 2.41. The van der Waals surface area contributed by atoms with Crippen LogP contribution in [0.1, 0.15) is 0 Å². The Morgan fingerprint density at radius 3 is 2.57 bits per heavy atom. The molecule has 14 heavy (non-hydrogen) atoms. The van der Waals surface area contributed by atoms with Gasteiger partial charge < -0.3 is 10.1 Å². The fourth-order valence-electron chi connectivity index (χ4n) is 0.863. The van der Waals surface area contributed by atoms with Crippen LogP contribution in [0.25, 0.3) is 0 Å². The summed E-state index contributed by atoms with van der Waals surface area (Å²) < 4.78 is 4.54. The van der Waals surface area contributed by atoms with E-state index in [0.717, 1.165) is 0 Å². The molecular formula is C8H8N2O4. The van der Waals surface area contributed by atoms with E-state index in [1.54, 1.807) is 12.1 Å². The third-order valence-electron chi connectivity index (χ3n) is 1.45. The zero-order valence-electron chi connectivity index (χ0n) is 7.17. The Morgan fingerprint density at radius 1 is 1.43 bits per heavy atom. The minimum absolute atomic E-state index is 0.319. The standard InChI is InChI=1S/C8H8N2O4/c11-6-14-8-3-1-7(2-4-8)9-5-10(12)13/h1-4,6,9H,5H2. The van der Waals surface area contributed by atoms with Crippen molar-refractivity contribution in [1.82, 2.24) is 0 Å². The number of ether oxygens (including phenoxy) is 1. The van der Waals surface area contributed by atoms with Crippen LogP contribution in [0, 0.1) is 10.1 Å². The molecule has 0 aliphatic heterocycles. The summed E-state index contributed by atoms with van der Waals surface area (Å²) in [6, 6.07) is 6.25. The highest BCUT2D eigenvalue weighted by Crippen LogP contribution is 2.14. The largest absolute Gasteiger partial charge is 0.429 e. The van der Waals surface area contributed by atoms with Crippen LogP contribution >= 0.6 is 0 Å². The maximum atomic E-state index is 10.0. The maximum Gasteiger partial charge on any atom is 0.298 e. The number of nitro groups is 1. The zero-order valence-corrected chi connectivity index (χ0v) is 7.17. The van der Waals surface area contributed by atoms with E-state index in [1.807, 2.05) is 0 Å². The van der Waals surface area contributed by atoms with Crippen molar-refractivity contribution in [3.63, 3.8) is 0 Å². The van der Waals surface area contributed by atoms with Gasteiger partial charge in [-0.15, -0.1) is 0 Å². The Balaban J connectivity index is 2.54. The number of anilines is 1. The van der Waals surface area contributed by atoms with Crippen LogP contribution in [0.3, 0.4) is 0 Å². The average Bonchev–Trinajstić information content (AvgIpc) is 2.17. The molecule has 6 nitrogen and oxygen atoms in total. The molecule has 0 fully saturated rings. The number of carbonyl (C=O) groups excluding carboxylic acids is 1. The lowest BCUT2D eigenvalue weighted by Gasteiger charge is -2.02. The first-order valence-corrected chi connectivity index (χ1v) is 3.78. The molecule has 0 spiro atoms. The lowest BCUT2D eigenvalue weighted by atomic mass is 10.3. The normalized spacial score (nSPS) is 9.14. The Labute approximate surface area is 79.6 Å². The van der Waals surface area contributed by atoms with Gasteiger partial charge in [0.1, 0.15) is 5.75 Å². The molecule has 1 aromatic carbocycles. The van der Waals surface area contributed by atoms with Gasteiger partial charge in [0.15, 0.2) is 0 Å². The van der Waals surface area contributed by atoms with Crippen molar-refractivity contribution in [2.75, 3.05) is 12.0 Å². The van der Waals surface area contributed by atoms with Gasteiger partial charge >= 0.3 is 0 Å². The summed E-state index contributed by atoms with van der Waals surface area (Å²) in [6.07, 6.45) is 0. The van der Waals surface area contributed by atoms with Crippen LogP contribution in [0.15, 0.2) is 24.3 Å². The Kier molecular flexibility index (Phi) is 3.42. The first-order chi connectivity index (χ1) is 6.72. The monoisotopic (exact) mass is 196 g/mol. The fourth-order valence-corrected chi connectivity index (χ4v) is 0.863. The van der Waals surface area contributed by atoms with Crippen molar-refractivity contribution in [2.45, 2.75) is 0 Å². The number of nitrogens with one attached hydrogen (secondary N) is 1. The molecule has 1 rings (SSSR count). The van der Waals surface area contributed by atoms with E-state index in [2.05, 4.69) is 10.1 Å². The Morgan fingerprint density at radius 2 is 2.07 bits per heavy atom. The van der Waals surface area contributed by atoms with E-state index in [-0.39, 0.29) is 6.67 Å². The predicted octanol–water partition coefficient (Wildman–Crippen LogP) is 0.868. The van der Waals surface area contributed by atoms with Gasteiger partial charge in [-0.25, -0.2) is 0 Å². The van der Waals surface area contributed by atoms with Crippen LogP contribution in [0.2, 0.25) is 0 Å². The van der Waals surface area contributed by atoms with Crippen molar-refractivity contribution >= 4 is 12.2 Å². The molecule has 0 saturated heterocycles. The summed E-state index contributed by atoms with van der Waals surface area (Å²) in [7, 11) is 0. The first kappa shape index (κ1) is 9.97. The third-order valence-corrected chi connectivity index (χ3v) is 1.45. The summed E-state index contributed by atoms with van der Waals surface area (Å²) in [5.74, 6) is 0.395. The van der Waals surface area contributed by atoms with Crippen molar-refractivity contribution < 1.29 is 14.5 Å². The average molecular weight is 196 g/mol. The van der Waals surface area contributed by atoms with Gasteiger partial charge in [-0.05, 0) is 24.3 Å². The third kappa shape index (κ3) is 3.10. The molecule has 0 bridgehead atoms. The molecule has 0 aliphatic rings. The number of hydrogen-bond acceptors (Lipinski definition) is 5. The molecule has 0 amide bonds. The summed E-state index contributed by atoms with van der Waals surface area (Å²) in [6.45, 7) is -0.0205. The van der Waals surface area contributed by atoms with E-state index in [9.17, 15) is 14.9 Å². The number of benzene rings is 1. The van der Waals surface area contributed by atoms with Crippen LogP contribution in [-0.4, -0.2) is 18.1 Å². The van der Waals surface area contributed by atoms with Gasteiger partial charge in [0, 0.05) is 10.6 Å². The van der Waals surface area contributed by atoms with E-state index in [4.69, 9.17) is 0 Å². The number of carbonyl (C=O) groups is 1. The van der Waals surface area contributed by atoms with E-state index >= 15 is 0 Å². The summed E-state index contributed by atoms with van der Waals surface area (Å²) >= 11 is 0. The minimum atomic E-state index is -0.476. The quantitative estimate of drug-likeness (QED) is 0.327. The lowest BCUT2D eigenvalue weighted by molar-refractivity contribution is -0.473. The van der Waals surface area contributed by atoms with E-state index < -0.39 is 4.92 Å². The SMILES string of the molecule is O=COc1ccc(NC[N+](=O)[O-])cc1. The van der Waals surface area contributed by atoms with Gasteiger partial charge in [-0.2, -0.15) is 0 Å². The topological polar surface area (TPSA) is 81.5 Å². The minimum Gasteiger partial charge on any atom is -0.429 e. The van der Waals surface area contributed by atoms with E-state index in [0.29, 0.717) is 17.9 Å². The molecule has 1 N–H and O–H groups in total. The Hall–Kier alpha value is -2.11.